The monoisotopic (exact) mass is 294 g/mol. The van der Waals surface area contributed by atoms with Crippen molar-refractivity contribution >= 4 is 5.91 Å². The molecule has 1 aromatic rings. The lowest BCUT2D eigenvalue weighted by Gasteiger charge is -2.31. The predicted molar refractivity (Wildman–Crippen MR) is 76.1 cm³/mol. The van der Waals surface area contributed by atoms with Crippen LogP contribution in [0.15, 0.2) is 18.2 Å². The standard InChI is InChI=1S/C16H20F2N2O/c17-11-4-7-14(15(18)9-11)16(21)20(13-5-6-13)10-12-3-1-2-8-19-12/h4,7,9,12-13,19H,1-3,5-6,8,10H2. The normalized spacial score (nSPS) is 22.1. The van der Waals surface area contributed by atoms with E-state index in [1.54, 1.807) is 4.90 Å². The van der Waals surface area contributed by atoms with E-state index in [9.17, 15) is 13.6 Å². The number of nitrogens with zero attached hydrogens (tertiary/aromatic N) is 1. The molecule has 1 saturated heterocycles. The minimum absolute atomic E-state index is 0.0286. The zero-order valence-electron chi connectivity index (χ0n) is 11.9. The molecule has 2 fully saturated rings. The van der Waals surface area contributed by atoms with E-state index in [4.69, 9.17) is 0 Å². The topological polar surface area (TPSA) is 32.3 Å². The van der Waals surface area contributed by atoms with E-state index in [0.717, 1.165) is 44.4 Å². The van der Waals surface area contributed by atoms with Gasteiger partial charge in [0, 0.05) is 24.7 Å². The fourth-order valence-corrected chi connectivity index (χ4v) is 2.92. The van der Waals surface area contributed by atoms with Crippen LogP contribution in [0, 0.1) is 11.6 Å². The van der Waals surface area contributed by atoms with Gasteiger partial charge in [-0.25, -0.2) is 8.78 Å². The number of rotatable bonds is 4. The van der Waals surface area contributed by atoms with Crippen LogP contribution < -0.4 is 5.32 Å². The molecule has 0 radical (unpaired) electrons. The van der Waals surface area contributed by atoms with Crippen molar-refractivity contribution in [1.82, 2.24) is 10.2 Å². The van der Waals surface area contributed by atoms with Crippen LogP contribution in [-0.2, 0) is 0 Å². The van der Waals surface area contributed by atoms with Crippen LogP contribution in [-0.4, -0.2) is 36.0 Å². The molecule has 1 saturated carbocycles. The van der Waals surface area contributed by atoms with E-state index in [1.165, 1.54) is 12.5 Å². The minimum Gasteiger partial charge on any atom is -0.334 e. The van der Waals surface area contributed by atoms with Crippen molar-refractivity contribution < 1.29 is 13.6 Å². The van der Waals surface area contributed by atoms with Crippen LogP contribution in [0.3, 0.4) is 0 Å². The van der Waals surface area contributed by atoms with Crippen LogP contribution in [0.1, 0.15) is 42.5 Å². The third-order valence-electron chi connectivity index (χ3n) is 4.24. The van der Waals surface area contributed by atoms with Gasteiger partial charge in [-0.1, -0.05) is 6.42 Å². The largest absolute Gasteiger partial charge is 0.334 e. The van der Waals surface area contributed by atoms with E-state index in [2.05, 4.69) is 5.32 Å². The molecule has 0 bridgehead atoms. The Kier molecular flexibility index (Phi) is 4.19. The molecule has 0 aromatic heterocycles. The van der Waals surface area contributed by atoms with Gasteiger partial charge in [-0.05, 0) is 44.4 Å². The van der Waals surface area contributed by atoms with Crippen molar-refractivity contribution in [3.8, 4) is 0 Å². The molecule has 3 rings (SSSR count). The summed E-state index contributed by atoms with van der Waals surface area (Å²) in [5.74, 6) is -1.75. The quantitative estimate of drug-likeness (QED) is 0.926. The van der Waals surface area contributed by atoms with Crippen LogP contribution in [0.5, 0.6) is 0 Å². The van der Waals surface area contributed by atoms with E-state index in [1.807, 2.05) is 0 Å². The van der Waals surface area contributed by atoms with Gasteiger partial charge in [-0.3, -0.25) is 4.79 Å². The Morgan fingerprint density at radius 3 is 2.67 bits per heavy atom. The smallest absolute Gasteiger partial charge is 0.257 e. The van der Waals surface area contributed by atoms with Crippen molar-refractivity contribution in [3.63, 3.8) is 0 Å². The first-order valence-corrected chi connectivity index (χ1v) is 7.64. The van der Waals surface area contributed by atoms with Gasteiger partial charge >= 0.3 is 0 Å². The van der Waals surface area contributed by atoms with Crippen LogP contribution in [0.25, 0.3) is 0 Å². The Balaban J connectivity index is 1.75. The molecule has 1 unspecified atom stereocenters. The molecule has 0 spiro atoms. The fourth-order valence-electron chi connectivity index (χ4n) is 2.92. The van der Waals surface area contributed by atoms with Crippen molar-refractivity contribution in [2.24, 2.45) is 0 Å². The summed E-state index contributed by atoms with van der Waals surface area (Å²) in [7, 11) is 0. The summed E-state index contributed by atoms with van der Waals surface area (Å²) in [6.07, 6.45) is 5.32. The molecule has 21 heavy (non-hydrogen) atoms. The molecule has 1 aliphatic carbocycles. The van der Waals surface area contributed by atoms with Crippen molar-refractivity contribution in [3.05, 3.63) is 35.4 Å². The first-order chi connectivity index (χ1) is 10.1. The number of carbonyl (C=O) groups excluding carboxylic acids is 1. The zero-order valence-corrected chi connectivity index (χ0v) is 11.9. The molecule has 2 aliphatic rings. The Hall–Kier alpha value is -1.49. The Bertz CT molecular complexity index is 525. The van der Waals surface area contributed by atoms with Gasteiger partial charge in [-0.2, -0.15) is 0 Å². The maximum atomic E-state index is 13.8. The van der Waals surface area contributed by atoms with Gasteiger partial charge in [0.05, 0.1) is 5.56 Å². The molecular formula is C16H20F2N2O. The first-order valence-electron chi connectivity index (χ1n) is 7.64. The first kappa shape index (κ1) is 14.4. The number of carbonyl (C=O) groups is 1. The molecule has 1 aromatic carbocycles. The van der Waals surface area contributed by atoms with Crippen molar-refractivity contribution in [2.75, 3.05) is 13.1 Å². The summed E-state index contributed by atoms with van der Waals surface area (Å²) in [4.78, 5) is 14.3. The maximum absolute atomic E-state index is 13.8. The highest BCUT2D eigenvalue weighted by Crippen LogP contribution is 2.29. The Morgan fingerprint density at radius 2 is 2.05 bits per heavy atom. The predicted octanol–water partition coefficient (Wildman–Crippen LogP) is 2.71. The van der Waals surface area contributed by atoms with Crippen molar-refractivity contribution in [2.45, 2.75) is 44.2 Å². The molecule has 5 heteroatoms. The molecule has 1 N–H and O–H groups in total. The molecule has 1 atom stereocenters. The molecule has 3 nitrogen and oxygen atoms in total. The lowest BCUT2D eigenvalue weighted by molar-refractivity contribution is 0.0713. The second-order valence-electron chi connectivity index (χ2n) is 5.96. The molecular weight excluding hydrogens is 274 g/mol. The SMILES string of the molecule is O=C(c1ccc(F)cc1F)N(CC1CCCCN1)C1CC1. The van der Waals surface area contributed by atoms with Gasteiger partial charge in [0.15, 0.2) is 0 Å². The summed E-state index contributed by atoms with van der Waals surface area (Å²) < 4.78 is 26.8. The third kappa shape index (κ3) is 3.40. The zero-order chi connectivity index (χ0) is 14.8. The summed E-state index contributed by atoms with van der Waals surface area (Å²) in [6, 6.07) is 3.66. The third-order valence-corrected chi connectivity index (χ3v) is 4.24. The highest BCUT2D eigenvalue weighted by atomic mass is 19.1. The van der Waals surface area contributed by atoms with Crippen molar-refractivity contribution in [1.29, 1.82) is 0 Å². The highest BCUT2D eigenvalue weighted by molar-refractivity contribution is 5.95. The van der Waals surface area contributed by atoms with E-state index in [0.29, 0.717) is 6.54 Å². The minimum atomic E-state index is -0.776. The van der Waals surface area contributed by atoms with Crippen LogP contribution in [0.4, 0.5) is 8.78 Å². The molecule has 114 valence electrons. The lowest BCUT2D eigenvalue weighted by Crippen LogP contribution is -2.46. The number of halogens is 2. The van der Waals surface area contributed by atoms with Gasteiger partial charge in [-0.15, -0.1) is 0 Å². The van der Waals surface area contributed by atoms with E-state index < -0.39 is 11.6 Å². The number of amides is 1. The average molecular weight is 294 g/mol. The average Bonchev–Trinajstić information content (AvgIpc) is 3.30. The Labute approximate surface area is 123 Å². The number of hydrogen-bond donors (Lipinski definition) is 1. The maximum Gasteiger partial charge on any atom is 0.257 e. The van der Waals surface area contributed by atoms with E-state index >= 15 is 0 Å². The van der Waals surface area contributed by atoms with E-state index in [-0.39, 0.29) is 23.6 Å². The number of nitrogens with one attached hydrogen (secondary N) is 1. The molecule has 1 heterocycles. The van der Waals surface area contributed by atoms with Gasteiger partial charge in [0.25, 0.3) is 5.91 Å². The van der Waals surface area contributed by atoms with Gasteiger partial charge in [0.2, 0.25) is 0 Å². The fraction of sp³-hybridized carbons (Fsp3) is 0.562. The van der Waals surface area contributed by atoms with Crippen LogP contribution >= 0.6 is 0 Å². The number of benzene rings is 1. The summed E-state index contributed by atoms with van der Waals surface area (Å²) in [5.41, 5.74) is -0.0286. The summed E-state index contributed by atoms with van der Waals surface area (Å²) in [6.45, 7) is 1.59. The highest BCUT2D eigenvalue weighted by Gasteiger charge is 2.35. The van der Waals surface area contributed by atoms with Crippen LogP contribution in [0.2, 0.25) is 0 Å². The number of hydrogen-bond acceptors (Lipinski definition) is 2. The van der Waals surface area contributed by atoms with Gasteiger partial charge < -0.3 is 10.2 Å². The lowest BCUT2D eigenvalue weighted by atomic mass is 10.0. The molecule has 1 aliphatic heterocycles. The second kappa shape index (κ2) is 6.10. The molecule has 1 amide bonds. The second-order valence-corrected chi connectivity index (χ2v) is 5.96. The number of piperidine rings is 1. The Morgan fingerprint density at radius 1 is 1.24 bits per heavy atom. The van der Waals surface area contributed by atoms with Gasteiger partial charge in [0.1, 0.15) is 11.6 Å². The summed E-state index contributed by atoms with van der Waals surface area (Å²) in [5, 5.41) is 3.41. The summed E-state index contributed by atoms with van der Waals surface area (Å²) >= 11 is 0.